The zero-order valence-electron chi connectivity index (χ0n) is 9.93. The molecule has 2 aromatic rings. The van der Waals surface area contributed by atoms with Crippen molar-refractivity contribution in [1.82, 2.24) is 4.90 Å². The molecule has 1 aromatic heterocycles. The lowest BCUT2D eigenvalue weighted by Gasteiger charge is -2.13. The first kappa shape index (κ1) is 14.1. The van der Waals surface area contributed by atoms with E-state index in [0.29, 0.717) is 6.04 Å². The van der Waals surface area contributed by atoms with Crippen LogP contribution in [-0.4, -0.2) is 24.0 Å². The second-order valence-electron chi connectivity index (χ2n) is 4.62. The average molecular weight is 303 g/mol. The predicted molar refractivity (Wildman–Crippen MR) is 82.0 cm³/mol. The zero-order chi connectivity index (χ0) is 11.8. The van der Waals surface area contributed by atoms with Crippen LogP contribution in [0.15, 0.2) is 24.3 Å². The molecule has 2 nitrogen and oxygen atoms in total. The van der Waals surface area contributed by atoms with Gasteiger partial charge in [-0.3, -0.25) is 4.90 Å². The zero-order valence-corrected chi connectivity index (χ0v) is 12.3. The Morgan fingerprint density at radius 2 is 2.17 bits per heavy atom. The minimum Gasteiger partial charge on any atom is -0.326 e. The van der Waals surface area contributed by atoms with Crippen LogP contribution >= 0.6 is 35.3 Å². The third-order valence-electron chi connectivity index (χ3n) is 3.28. The Kier molecular flexibility index (Phi) is 4.51. The molecule has 98 valence electrons. The molecule has 1 saturated heterocycles. The molecule has 0 saturated carbocycles. The highest BCUT2D eigenvalue weighted by molar-refractivity contribution is 7.19. The van der Waals surface area contributed by atoms with Crippen molar-refractivity contribution in [3.8, 4) is 0 Å². The van der Waals surface area contributed by atoms with Crippen molar-refractivity contribution in [2.75, 3.05) is 13.1 Å². The smallest absolute Gasteiger partial charge is 0.0637 e. The second kappa shape index (κ2) is 5.76. The molecule has 0 spiro atoms. The number of thiophene rings is 1. The van der Waals surface area contributed by atoms with E-state index >= 15 is 0 Å². The minimum absolute atomic E-state index is 0. The molecule has 1 atom stereocenters. The van der Waals surface area contributed by atoms with Crippen molar-refractivity contribution in [3.63, 3.8) is 0 Å². The van der Waals surface area contributed by atoms with Gasteiger partial charge in [-0.2, -0.15) is 0 Å². The van der Waals surface area contributed by atoms with Gasteiger partial charge in [0.25, 0.3) is 0 Å². The Morgan fingerprint density at radius 3 is 2.83 bits per heavy atom. The van der Waals surface area contributed by atoms with Crippen LogP contribution in [0, 0.1) is 0 Å². The van der Waals surface area contributed by atoms with E-state index in [2.05, 4.69) is 23.1 Å². The molecule has 1 aromatic carbocycles. The van der Waals surface area contributed by atoms with Gasteiger partial charge in [0.05, 0.1) is 5.02 Å². The van der Waals surface area contributed by atoms with Gasteiger partial charge in [0, 0.05) is 40.6 Å². The lowest BCUT2D eigenvalue weighted by molar-refractivity contribution is 0.330. The summed E-state index contributed by atoms with van der Waals surface area (Å²) in [4.78, 5) is 3.66. The Hall–Kier alpha value is -0.320. The van der Waals surface area contributed by atoms with Gasteiger partial charge in [-0.1, -0.05) is 29.8 Å². The summed E-state index contributed by atoms with van der Waals surface area (Å²) in [6.45, 7) is 3.02. The first-order chi connectivity index (χ1) is 8.24. The summed E-state index contributed by atoms with van der Waals surface area (Å²) < 4.78 is 1.27. The Labute approximate surface area is 122 Å². The molecule has 0 aliphatic carbocycles. The van der Waals surface area contributed by atoms with Crippen LogP contribution in [0.4, 0.5) is 0 Å². The van der Waals surface area contributed by atoms with Gasteiger partial charge in [-0.05, 0) is 12.5 Å². The maximum absolute atomic E-state index is 6.42. The van der Waals surface area contributed by atoms with Gasteiger partial charge in [-0.15, -0.1) is 23.7 Å². The van der Waals surface area contributed by atoms with Crippen LogP contribution in [0.2, 0.25) is 5.02 Å². The average Bonchev–Trinajstić information content (AvgIpc) is 2.86. The van der Waals surface area contributed by atoms with Gasteiger partial charge in [-0.25, -0.2) is 0 Å². The molecule has 5 heteroatoms. The number of halogens is 2. The standard InChI is InChI=1S/C13H15ClN2S.ClH/c14-13-10-3-1-2-4-11(10)17-12(13)8-16-6-5-9(15)7-16;/h1-4,9H,5-8,15H2;1H. The van der Waals surface area contributed by atoms with Crippen molar-refractivity contribution in [1.29, 1.82) is 0 Å². The van der Waals surface area contributed by atoms with Crippen molar-refractivity contribution in [2.24, 2.45) is 5.73 Å². The third-order valence-corrected chi connectivity index (χ3v) is 4.98. The van der Waals surface area contributed by atoms with E-state index in [-0.39, 0.29) is 12.4 Å². The summed E-state index contributed by atoms with van der Waals surface area (Å²) in [6, 6.07) is 8.66. The van der Waals surface area contributed by atoms with E-state index in [0.717, 1.165) is 31.1 Å². The van der Waals surface area contributed by atoms with Gasteiger partial charge in [0.2, 0.25) is 0 Å². The summed E-state index contributed by atoms with van der Waals surface area (Å²) >= 11 is 8.22. The Bertz CT molecular complexity index is 541. The highest BCUT2D eigenvalue weighted by Crippen LogP contribution is 2.36. The molecule has 0 radical (unpaired) electrons. The Morgan fingerprint density at radius 1 is 1.39 bits per heavy atom. The molecule has 0 bridgehead atoms. The Balaban J connectivity index is 0.00000120. The largest absolute Gasteiger partial charge is 0.326 e. The van der Waals surface area contributed by atoms with Crippen LogP contribution in [0.3, 0.4) is 0 Å². The lowest BCUT2D eigenvalue weighted by atomic mass is 10.2. The number of nitrogens with two attached hydrogens (primary N) is 1. The number of hydrogen-bond acceptors (Lipinski definition) is 3. The molecular formula is C13H16Cl2N2S. The highest BCUT2D eigenvalue weighted by Gasteiger charge is 2.21. The van der Waals surface area contributed by atoms with Crippen LogP contribution < -0.4 is 5.73 Å². The van der Waals surface area contributed by atoms with Gasteiger partial charge < -0.3 is 5.73 Å². The summed E-state index contributed by atoms with van der Waals surface area (Å²) in [5.41, 5.74) is 5.92. The number of benzene rings is 1. The van der Waals surface area contributed by atoms with Gasteiger partial charge >= 0.3 is 0 Å². The second-order valence-corrected chi connectivity index (χ2v) is 6.13. The third kappa shape index (κ3) is 2.65. The monoisotopic (exact) mass is 302 g/mol. The fraction of sp³-hybridized carbons (Fsp3) is 0.385. The van der Waals surface area contributed by atoms with Crippen LogP contribution in [0.25, 0.3) is 10.1 Å². The quantitative estimate of drug-likeness (QED) is 0.920. The van der Waals surface area contributed by atoms with Crippen LogP contribution in [-0.2, 0) is 6.54 Å². The molecule has 1 fully saturated rings. The van der Waals surface area contributed by atoms with Gasteiger partial charge in [0.1, 0.15) is 0 Å². The lowest BCUT2D eigenvalue weighted by Crippen LogP contribution is -2.26. The predicted octanol–water partition coefficient (Wildman–Crippen LogP) is 3.51. The SMILES string of the molecule is Cl.NC1CCN(Cc2sc3ccccc3c2Cl)C1. The van der Waals surface area contributed by atoms with E-state index < -0.39 is 0 Å². The normalized spacial score (nSPS) is 20.2. The first-order valence-corrected chi connectivity index (χ1v) is 7.07. The van der Waals surface area contributed by atoms with Crippen molar-refractivity contribution >= 4 is 45.4 Å². The molecule has 1 unspecified atom stereocenters. The summed E-state index contributed by atoms with van der Waals surface area (Å²) in [5, 5.41) is 2.10. The molecule has 18 heavy (non-hydrogen) atoms. The summed E-state index contributed by atoms with van der Waals surface area (Å²) in [6.07, 6.45) is 1.10. The fourth-order valence-corrected chi connectivity index (χ4v) is 3.91. The first-order valence-electron chi connectivity index (χ1n) is 5.88. The minimum atomic E-state index is 0. The van der Waals surface area contributed by atoms with E-state index in [9.17, 15) is 0 Å². The van der Waals surface area contributed by atoms with E-state index in [1.165, 1.54) is 15.0 Å². The van der Waals surface area contributed by atoms with Crippen molar-refractivity contribution < 1.29 is 0 Å². The maximum atomic E-state index is 6.42. The molecule has 1 aliphatic rings. The molecular weight excluding hydrogens is 287 g/mol. The van der Waals surface area contributed by atoms with Crippen LogP contribution in [0.1, 0.15) is 11.3 Å². The van der Waals surface area contributed by atoms with E-state index in [1.54, 1.807) is 11.3 Å². The maximum Gasteiger partial charge on any atom is 0.0637 e. The van der Waals surface area contributed by atoms with E-state index in [1.807, 2.05) is 6.07 Å². The highest BCUT2D eigenvalue weighted by atomic mass is 35.5. The molecule has 1 aliphatic heterocycles. The number of hydrogen-bond donors (Lipinski definition) is 1. The number of nitrogens with zero attached hydrogens (tertiary/aromatic N) is 1. The van der Waals surface area contributed by atoms with E-state index in [4.69, 9.17) is 17.3 Å². The molecule has 0 amide bonds. The van der Waals surface area contributed by atoms with Crippen molar-refractivity contribution in [3.05, 3.63) is 34.2 Å². The number of likely N-dealkylation sites (tertiary alicyclic amines) is 1. The number of fused-ring (bicyclic) bond motifs is 1. The van der Waals surface area contributed by atoms with Crippen LogP contribution in [0.5, 0.6) is 0 Å². The topological polar surface area (TPSA) is 29.3 Å². The van der Waals surface area contributed by atoms with Crippen molar-refractivity contribution in [2.45, 2.75) is 19.0 Å². The van der Waals surface area contributed by atoms with Gasteiger partial charge in [0.15, 0.2) is 0 Å². The summed E-state index contributed by atoms with van der Waals surface area (Å²) in [5.74, 6) is 0. The fourth-order valence-electron chi connectivity index (χ4n) is 2.38. The molecule has 3 rings (SSSR count). The molecule has 2 heterocycles. The molecule has 2 N–H and O–H groups in total. The summed E-state index contributed by atoms with van der Waals surface area (Å²) in [7, 11) is 0. The number of rotatable bonds is 2.